The van der Waals surface area contributed by atoms with Gasteiger partial charge in [0, 0.05) is 12.3 Å². The van der Waals surface area contributed by atoms with Gasteiger partial charge in [-0.1, -0.05) is 37.1 Å². The molecule has 2 atom stereocenters. The highest BCUT2D eigenvalue weighted by atomic mass is 35.5. The molecule has 0 amide bonds. The number of hydrogen-bond acceptors (Lipinski definition) is 1. The van der Waals surface area contributed by atoms with Crippen molar-refractivity contribution in [3.05, 3.63) is 34.6 Å². The Morgan fingerprint density at radius 2 is 2.24 bits per heavy atom. The standard InChI is InChI=1S/C14H16ClFO/c1-9-4-2-6-11(9)13(17)8-10-5-3-7-12(16)14(10)15/h3,5,7,9,11H,2,4,6,8H2,1H3. The first-order valence-corrected chi connectivity index (χ1v) is 6.43. The van der Waals surface area contributed by atoms with Crippen molar-refractivity contribution in [1.82, 2.24) is 0 Å². The van der Waals surface area contributed by atoms with Crippen LogP contribution in [0.2, 0.25) is 5.02 Å². The summed E-state index contributed by atoms with van der Waals surface area (Å²) in [7, 11) is 0. The molecule has 1 saturated carbocycles. The zero-order chi connectivity index (χ0) is 12.4. The van der Waals surface area contributed by atoms with Crippen LogP contribution in [0.3, 0.4) is 0 Å². The van der Waals surface area contributed by atoms with Crippen LogP contribution in [0, 0.1) is 17.7 Å². The predicted octanol–water partition coefficient (Wildman–Crippen LogP) is 4.03. The van der Waals surface area contributed by atoms with E-state index < -0.39 is 5.82 Å². The summed E-state index contributed by atoms with van der Waals surface area (Å²) in [5.74, 6) is 0.336. The summed E-state index contributed by atoms with van der Waals surface area (Å²) < 4.78 is 13.2. The number of carbonyl (C=O) groups excluding carboxylic acids is 1. The number of halogens is 2. The first kappa shape index (κ1) is 12.6. The summed E-state index contributed by atoms with van der Waals surface area (Å²) in [4.78, 5) is 12.1. The van der Waals surface area contributed by atoms with Crippen molar-refractivity contribution in [2.24, 2.45) is 11.8 Å². The van der Waals surface area contributed by atoms with Gasteiger partial charge in [0.1, 0.15) is 11.6 Å². The van der Waals surface area contributed by atoms with E-state index in [1.165, 1.54) is 6.07 Å². The smallest absolute Gasteiger partial charge is 0.142 e. The minimum absolute atomic E-state index is 0.0894. The fourth-order valence-corrected chi connectivity index (χ4v) is 2.82. The van der Waals surface area contributed by atoms with Gasteiger partial charge in [0.2, 0.25) is 0 Å². The lowest BCUT2D eigenvalue weighted by Crippen LogP contribution is -2.19. The highest BCUT2D eigenvalue weighted by Crippen LogP contribution is 2.33. The molecule has 2 unspecified atom stereocenters. The minimum Gasteiger partial charge on any atom is -0.299 e. The molecular formula is C14H16ClFO. The average Bonchev–Trinajstić information content (AvgIpc) is 2.71. The van der Waals surface area contributed by atoms with E-state index in [0.29, 0.717) is 11.5 Å². The number of carbonyl (C=O) groups is 1. The molecule has 1 nitrogen and oxygen atoms in total. The summed E-state index contributed by atoms with van der Waals surface area (Å²) in [6, 6.07) is 4.64. The van der Waals surface area contributed by atoms with E-state index in [2.05, 4.69) is 6.92 Å². The molecule has 1 fully saturated rings. The van der Waals surface area contributed by atoms with Gasteiger partial charge in [0.05, 0.1) is 5.02 Å². The Bertz CT molecular complexity index is 430. The highest BCUT2D eigenvalue weighted by molar-refractivity contribution is 6.31. The Balaban J connectivity index is 2.10. The molecule has 0 N–H and O–H groups in total. The molecule has 0 saturated heterocycles. The molecule has 0 bridgehead atoms. The summed E-state index contributed by atoms with van der Waals surface area (Å²) in [5, 5.41) is 0.0894. The quantitative estimate of drug-likeness (QED) is 0.796. The third-order valence-corrected chi connectivity index (χ3v) is 4.09. The largest absolute Gasteiger partial charge is 0.299 e. The fraction of sp³-hybridized carbons (Fsp3) is 0.500. The van der Waals surface area contributed by atoms with Crippen LogP contribution in [0.15, 0.2) is 18.2 Å². The average molecular weight is 255 g/mol. The monoisotopic (exact) mass is 254 g/mol. The maximum Gasteiger partial charge on any atom is 0.142 e. The van der Waals surface area contributed by atoms with E-state index in [1.807, 2.05) is 0 Å². The van der Waals surface area contributed by atoms with Crippen molar-refractivity contribution in [3.63, 3.8) is 0 Å². The molecule has 0 aromatic heterocycles. The number of Topliss-reactive ketones (excluding diaryl/α,β-unsaturated/α-hetero) is 1. The third kappa shape index (κ3) is 2.68. The molecule has 0 heterocycles. The van der Waals surface area contributed by atoms with Crippen LogP contribution >= 0.6 is 11.6 Å². The summed E-state index contributed by atoms with van der Waals surface area (Å²) in [6.45, 7) is 2.11. The molecule has 2 rings (SSSR count). The van der Waals surface area contributed by atoms with Crippen LogP contribution in [0.4, 0.5) is 4.39 Å². The lowest BCUT2D eigenvalue weighted by atomic mass is 9.90. The lowest BCUT2D eigenvalue weighted by molar-refractivity contribution is -0.123. The minimum atomic E-state index is -0.448. The molecule has 3 heteroatoms. The molecule has 1 aromatic rings. The Morgan fingerprint density at radius 3 is 2.88 bits per heavy atom. The first-order valence-electron chi connectivity index (χ1n) is 6.05. The van der Waals surface area contributed by atoms with Gasteiger partial charge in [-0.3, -0.25) is 4.79 Å². The Kier molecular flexibility index (Phi) is 3.82. The van der Waals surface area contributed by atoms with Gasteiger partial charge in [0.25, 0.3) is 0 Å². The second kappa shape index (κ2) is 5.18. The van der Waals surface area contributed by atoms with Crippen molar-refractivity contribution in [1.29, 1.82) is 0 Å². The van der Waals surface area contributed by atoms with Gasteiger partial charge < -0.3 is 0 Å². The van der Waals surface area contributed by atoms with E-state index >= 15 is 0 Å². The molecule has 1 aromatic carbocycles. The summed E-state index contributed by atoms with van der Waals surface area (Å²) in [6.07, 6.45) is 3.46. The Morgan fingerprint density at radius 1 is 1.47 bits per heavy atom. The van der Waals surface area contributed by atoms with E-state index in [-0.39, 0.29) is 23.1 Å². The fourth-order valence-electron chi connectivity index (χ4n) is 2.63. The molecule has 0 spiro atoms. The Hall–Kier alpha value is -0.890. The van der Waals surface area contributed by atoms with Gasteiger partial charge in [-0.05, 0) is 30.4 Å². The number of benzene rings is 1. The number of ketones is 1. The maximum atomic E-state index is 13.2. The molecule has 92 valence electrons. The molecule has 17 heavy (non-hydrogen) atoms. The van der Waals surface area contributed by atoms with Crippen molar-refractivity contribution < 1.29 is 9.18 Å². The molecule has 0 aliphatic heterocycles. The number of hydrogen-bond donors (Lipinski definition) is 0. The molecule has 1 aliphatic carbocycles. The second-order valence-corrected chi connectivity index (χ2v) is 5.25. The van der Waals surface area contributed by atoms with Gasteiger partial charge in [0.15, 0.2) is 0 Å². The molecular weight excluding hydrogens is 239 g/mol. The molecule has 0 radical (unpaired) electrons. The van der Waals surface area contributed by atoms with E-state index in [1.54, 1.807) is 12.1 Å². The van der Waals surface area contributed by atoms with Gasteiger partial charge in [-0.15, -0.1) is 0 Å². The van der Waals surface area contributed by atoms with Crippen LogP contribution in [-0.2, 0) is 11.2 Å². The van der Waals surface area contributed by atoms with Gasteiger partial charge in [-0.2, -0.15) is 0 Å². The van der Waals surface area contributed by atoms with Crippen molar-refractivity contribution in [2.75, 3.05) is 0 Å². The second-order valence-electron chi connectivity index (χ2n) is 4.87. The first-order chi connectivity index (χ1) is 8.09. The zero-order valence-corrected chi connectivity index (χ0v) is 10.6. The van der Waals surface area contributed by atoms with Crippen molar-refractivity contribution >= 4 is 17.4 Å². The summed E-state index contributed by atoms with van der Waals surface area (Å²) in [5.41, 5.74) is 0.607. The van der Waals surface area contributed by atoms with Crippen LogP contribution in [0.5, 0.6) is 0 Å². The topological polar surface area (TPSA) is 17.1 Å². The summed E-state index contributed by atoms with van der Waals surface area (Å²) >= 11 is 5.85. The SMILES string of the molecule is CC1CCCC1C(=O)Cc1cccc(F)c1Cl. The van der Waals surface area contributed by atoms with Crippen molar-refractivity contribution in [2.45, 2.75) is 32.6 Å². The molecule has 1 aliphatic rings. The lowest BCUT2D eigenvalue weighted by Gasteiger charge is -2.14. The normalized spacial score (nSPS) is 23.9. The Labute approximate surface area is 106 Å². The van der Waals surface area contributed by atoms with Crippen LogP contribution < -0.4 is 0 Å². The number of rotatable bonds is 3. The van der Waals surface area contributed by atoms with Crippen LogP contribution in [0.25, 0.3) is 0 Å². The maximum absolute atomic E-state index is 13.2. The highest BCUT2D eigenvalue weighted by Gasteiger charge is 2.29. The van der Waals surface area contributed by atoms with E-state index in [4.69, 9.17) is 11.6 Å². The van der Waals surface area contributed by atoms with Gasteiger partial charge in [-0.25, -0.2) is 4.39 Å². The zero-order valence-electron chi connectivity index (χ0n) is 9.88. The predicted molar refractivity (Wildman–Crippen MR) is 66.6 cm³/mol. The van der Waals surface area contributed by atoms with Crippen LogP contribution in [0.1, 0.15) is 31.7 Å². The van der Waals surface area contributed by atoms with Gasteiger partial charge >= 0.3 is 0 Å². The van der Waals surface area contributed by atoms with Crippen molar-refractivity contribution in [3.8, 4) is 0 Å². The van der Waals surface area contributed by atoms with E-state index in [9.17, 15) is 9.18 Å². The van der Waals surface area contributed by atoms with E-state index in [0.717, 1.165) is 19.3 Å². The van der Waals surface area contributed by atoms with Crippen LogP contribution in [-0.4, -0.2) is 5.78 Å². The third-order valence-electron chi connectivity index (χ3n) is 3.67.